The van der Waals surface area contributed by atoms with Crippen molar-refractivity contribution in [2.24, 2.45) is 0 Å². The van der Waals surface area contributed by atoms with E-state index in [0.29, 0.717) is 5.92 Å². The fourth-order valence-electron chi connectivity index (χ4n) is 2.24. The summed E-state index contributed by atoms with van der Waals surface area (Å²) >= 11 is 1.72. The van der Waals surface area contributed by atoms with Crippen LogP contribution in [0.4, 0.5) is 0 Å². The van der Waals surface area contributed by atoms with E-state index in [-0.39, 0.29) is 0 Å². The molecule has 0 saturated heterocycles. The maximum absolute atomic E-state index is 4.35. The zero-order valence-electron chi connectivity index (χ0n) is 11.4. The lowest BCUT2D eigenvalue weighted by atomic mass is 10.1. The third-order valence-electron chi connectivity index (χ3n) is 3.36. The first kappa shape index (κ1) is 13.2. The average molecular weight is 283 g/mol. The van der Waals surface area contributed by atoms with Crippen molar-refractivity contribution < 1.29 is 0 Å². The smallest absolute Gasteiger partial charge is 0.0965 e. The van der Waals surface area contributed by atoms with Crippen molar-refractivity contribution in [3.63, 3.8) is 0 Å². The van der Waals surface area contributed by atoms with E-state index in [4.69, 9.17) is 0 Å². The molecule has 0 fully saturated rings. The molecule has 0 aliphatic carbocycles. The average Bonchev–Trinajstić information content (AvgIpc) is 3.01. The Morgan fingerprint density at radius 2 is 2.15 bits per heavy atom. The molecule has 1 atom stereocenters. The highest BCUT2D eigenvalue weighted by Crippen LogP contribution is 2.17. The molecular weight excluding hydrogens is 266 g/mol. The van der Waals surface area contributed by atoms with E-state index in [1.807, 2.05) is 24.0 Å². The molecule has 0 saturated carbocycles. The van der Waals surface area contributed by atoms with Crippen molar-refractivity contribution in [1.82, 2.24) is 15.3 Å². The Labute approximate surface area is 122 Å². The van der Waals surface area contributed by atoms with Gasteiger partial charge in [-0.2, -0.15) is 0 Å². The van der Waals surface area contributed by atoms with Crippen LogP contribution in [0, 0.1) is 0 Å². The molecule has 1 aromatic carbocycles. The maximum Gasteiger partial charge on any atom is 0.0965 e. The molecule has 4 heteroatoms. The number of nitrogens with one attached hydrogen (secondary N) is 1. The van der Waals surface area contributed by atoms with Crippen LogP contribution in [-0.2, 0) is 6.54 Å². The van der Waals surface area contributed by atoms with Gasteiger partial charge in [-0.15, -0.1) is 11.3 Å². The molecule has 1 N–H and O–H groups in total. The summed E-state index contributed by atoms with van der Waals surface area (Å²) in [5.41, 5.74) is 1.30. The number of fused-ring (bicyclic) bond motifs is 1. The second-order valence-electron chi connectivity index (χ2n) is 4.96. The van der Waals surface area contributed by atoms with Gasteiger partial charge in [-0.25, -0.2) is 4.98 Å². The predicted octanol–water partition coefficient (Wildman–Crippen LogP) is 3.58. The van der Waals surface area contributed by atoms with Crippen molar-refractivity contribution in [3.8, 4) is 0 Å². The largest absolute Gasteiger partial charge is 0.312 e. The summed E-state index contributed by atoms with van der Waals surface area (Å²) in [6.07, 6.45) is 5.61. The quantitative estimate of drug-likeness (QED) is 0.777. The van der Waals surface area contributed by atoms with Crippen LogP contribution in [-0.4, -0.2) is 16.5 Å². The number of hydrogen-bond acceptors (Lipinski definition) is 4. The summed E-state index contributed by atoms with van der Waals surface area (Å²) in [6, 6.07) is 8.56. The number of nitrogens with zero attached hydrogens (tertiary/aromatic N) is 2. The molecule has 2 heterocycles. The molecule has 102 valence electrons. The maximum atomic E-state index is 4.35. The summed E-state index contributed by atoms with van der Waals surface area (Å²) in [5.74, 6) is 0.458. The Kier molecular flexibility index (Phi) is 4.04. The Bertz CT molecular complexity index is 679. The molecule has 3 nitrogen and oxygen atoms in total. The first-order valence-corrected chi connectivity index (χ1v) is 7.63. The zero-order chi connectivity index (χ0) is 13.8. The lowest BCUT2D eigenvalue weighted by molar-refractivity contribution is 0.613. The van der Waals surface area contributed by atoms with Gasteiger partial charge in [0.05, 0.1) is 5.01 Å². The van der Waals surface area contributed by atoms with Crippen LogP contribution in [0.1, 0.15) is 23.4 Å². The third kappa shape index (κ3) is 3.03. The first-order chi connectivity index (χ1) is 9.83. The highest BCUT2D eigenvalue weighted by Gasteiger charge is 2.07. The number of rotatable bonds is 5. The van der Waals surface area contributed by atoms with Crippen molar-refractivity contribution in [3.05, 3.63) is 58.8 Å². The van der Waals surface area contributed by atoms with Gasteiger partial charge in [-0.05, 0) is 23.1 Å². The highest BCUT2D eigenvalue weighted by atomic mass is 32.1. The molecule has 3 rings (SSSR count). The van der Waals surface area contributed by atoms with Crippen molar-refractivity contribution in [2.45, 2.75) is 19.4 Å². The standard InChI is InChI=1S/C16H17N3S/c1-12(16-19-6-7-20-16)9-18-10-13-2-3-15-11-17-5-4-14(15)8-13/h2-8,11-12,18H,9-10H2,1H3. The summed E-state index contributed by atoms with van der Waals surface area (Å²) in [4.78, 5) is 8.49. The van der Waals surface area contributed by atoms with Crippen LogP contribution < -0.4 is 5.32 Å². The molecule has 0 spiro atoms. The Morgan fingerprint density at radius 1 is 1.20 bits per heavy atom. The van der Waals surface area contributed by atoms with Crippen molar-refractivity contribution in [1.29, 1.82) is 0 Å². The molecule has 20 heavy (non-hydrogen) atoms. The molecule has 0 radical (unpaired) electrons. The lowest BCUT2D eigenvalue weighted by Crippen LogP contribution is -2.19. The van der Waals surface area contributed by atoms with Crippen molar-refractivity contribution >= 4 is 22.1 Å². The molecule has 0 aliphatic heterocycles. The van der Waals surface area contributed by atoms with Crippen LogP contribution in [0.15, 0.2) is 48.2 Å². The SMILES string of the molecule is CC(CNCc1ccc2cnccc2c1)c1nccs1. The van der Waals surface area contributed by atoms with Crippen LogP contribution in [0.2, 0.25) is 0 Å². The number of hydrogen-bond donors (Lipinski definition) is 1. The van der Waals surface area contributed by atoms with E-state index < -0.39 is 0 Å². The molecule has 2 aromatic heterocycles. The Balaban J connectivity index is 1.59. The van der Waals surface area contributed by atoms with Gasteiger partial charge in [-0.3, -0.25) is 4.98 Å². The highest BCUT2D eigenvalue weighted by molar-refractivity contribution is 7.09. The van der Waals surface area contributed by atoms with E-state index in [1.165, 1.54) is 21.3 Å². The number of thiazole rings is 1. The van der Waals surface area contributed by atoms with Crippen LogP contribution >= 0.6 is 11.3 Å². The van der Waals surface area contributed by atoms with E-state index in [0.717, 1.165) is 13.1 Å². The normalized spacial score (nSPS) is 12.7. The molecular formula is C16H17N3S. The van der Waals surface area contributed by atoms with Crippen molar-refractivity contribution in [2.75, 3.05) is 6.54 Å². The van der Waals surface area contributed by atoms with Gasteiger partial charge in [0, 0.05) is 48.4 Å². The monoisotopic (exact) mass is 283 g/mol. The minimum atomic E-state index is 0.458. The van der Waals surface area contributed by atoms with Gasteiger partial charge in [0.15, 0.2) is 0 Å². The number of pyridine rings is 1. The molecule has 1 unspecified atom stereocenters. The number of aromatic nitrogens is 2. The first-order valence-electron chi connectivity index (χ1n) is 6.76. The van der Waals surface area contributed by atoms with E-state index in [2.05, 4.69) is 46.5 Å². The van der Waals surface area contributed by atoms with Gasteiger partial charge in [0.2, 0.25) is 0 Å². The summed E-state index contributed by atoms with van der Waals surface area (Å²) in [5, 5.41) is 9.16. The number of benzene rings is 1. The topological polar surface area (TPSA) is 37.8 Å². The van der Waals surface area contributed by atoms with Gasteiger partial charge in [0.25, 0.3) is 0 Å². The summed E-state index contributed by atoms with van der Waals surface area (Å²) in [6.45, 7) is 4.04. The van der Waals surface area contributed by atoms with Crippen LogP contribution in [0.5, 0.6) is 0 Å². The Hall–Kier alpha value is -1.78. The Morgan fingerprint density at radius 3 is 3.00 bits per heavy atom. The van der Waals surface area contributed by atoms with E-state index >= 15 is 0 Å². The predicted molar refractivity (Wildman–Crippen MR) is 84.0 cm³/mol. The lowest BCUT2D eigenvalue weighted by Gasteiger charge is -2.10. The molecule has 0 aliphatic rings. The van der Waals surface area contributed by atoms with E-state index in [1.54, 1.807) is 11.3 Å². The van der Waals surface area contributed by atoms with Gasteiger partial charge >= 0.3 is 0 Å². The second kappa shape index (κ2) is 6.11. The van der Waals surface area contributed by atoms with Gasteiger partial charge < -0.3 is 5.32 Å². The minimum Gasteiger partial charge on any atom is -0.312 e. The zero-order valence-corrected chi connectivity index (χ0v) is 12.2. The summed E-state index contributed by atoms with van der Waals surface area (Å²) < 4.78 is 0. The molecule has 3 aromatic rings. The second-order valence-corrected chi connectivity index (χ2v) is 5.89. The van der Waals surface area contributed by atoms with Gasteiger partial charge in [0.1, 0.15) is 0 Å². The van der Waals surface area contributed by atoms with Gasteiger partial charge in [-0.1, -0.05) is 19.1 Å². The van der Waals surface area contributed by atoms with Crippen LogP contribution in [0.3, 0.4) is 0 Å². The molecule has 0 amide bonds. The van der Waals surface area contributed by atoms with E-state index in [9.17, 15) is 0 Å². The van der Waals surface area contributed by atoms with Crippen LogP contribution in [0.25, 0.3) is 10.8 Å². The summed E-state index contributed by atoms with van der Waals surface area (Å²) in [7, 11) is 0. The fourth-order valence-corrected chi connectivity index (χ4v) is 2.94. The third-order valence-corrected chi connectivity index (χ3v) is 4.36. The molecule has 0 bridgehead atoms. The minimum absolute atomic E-state index is 0.458. The fraction of sp³-hybridized carbons (Fsp3) is 0.250.